The van der Waals surface area contributed by atoms with E-state index in [1.165, 1.54) is 0 Å². The summed E-state index contributed by atoms with van der Waals surface area (Å²) in [5.41, 5.74) is 2.95. The van der Waals surface area contributed by atoms with Crippen LogP contribution in [0.15, 0.2) is 42.5 Å². The van der Waals surface area contributed by atoms with Crippen LogP contribution in [0.5, 0.6) is 0 Å². The Balaban J connectivity index is 1.31. The predicted molar refractivity (Wildman–Crippen MR) is 138 cm³/mol. The van der Waals surface area contributed by atoms with Crippen molar-refractivity contribution in [2.75, 3.05) is 48.1 Å². The molecule has 0 aliphatic carbocycles. The van der Waals surface area contributed by atoms with Crippen LogP contribution in [0.4, 0.5) is 29.5 Å². The quantitative estimate of drug-likeness (QED) is 0.254. The van der Waals surface area contributed by atoms with E-state index in [1.54, 1.807) is 0 Å². The number of aromatic nitrogens is 6. The Bertz CT molecular complexity index is 1240. The largest absolute Gasteiger partial charge is 0.354 e. The van der Waals surface area contributed by atoms with Crippen LogP contribution in [0, 0.1) is 0 Å². The number of anilines is 5. The number of nitrogens with zero attached hydrogens (tertiary/aromatic N) is 6. The molecule has 2 aromatic carbocycles. The van der Waals surface area contributed by atoms with Gasteiger partial charge >= 0.3 is 0 Å². The second-order valence-corrected chi connectivity index (χ2v) is 8.83. The van der Waals surface area contributed by atoms with Gasteiger partial charge in [0.15, 0.2) is 0 Å². The molecule has 4 N–H and O–H groups in total. The fourth-order valence-corrected chi connectivity index (χ4v) is 3.70. The van der Waals surface area contributed by atoms with Gasteiger partial charge in [-0.2, -0.15) is 0 Å². The SMILES string of the molecule is CN(C)c1nnc(NCCc2ccc(CN(C)c3nnc(Nc4cccc(Cl)c4)[nH]3)c(Cl)c2)[nH]1. The highest BCUT2D eigenvalue weighted by molar-refractivity contribution is 6.31. The minimum atomic E-state index is 0.530. The Morgan fingerprint density at radius 3 is 2.38 bits per heavy atom. The second kappa shape index (κ2) is 10.6. The van der Waals surface area contributed by atoms with E-state index in [2.05, 4.69) is 47.1 Å². The monoisotopic (exact) mass is 500 g/mol. The summed E-state index contributed by atoms with van der Waals surface area (Å²) in [4.78, 5) is 10.1. The van der Waals surface area contributed by atoms with Crippen molar-refractivity contribution in [3.8, 4) is 0 Å². The Hall–Kier alpha value is -3.50. The molecule has 12 heteroatoms. The molecule has 2 aromatic heterocycles. The summed E-state index contributed by atoms with van der Waals surface area (Å²) < 4.78 is 0. The van der Waals surface area contributed by atoms with Gasteiger partial charge in [-0.3, -0.25) is 9.97 Å². The predicted octanol–water partition coefficient (Wildman–Crippen LogP) is 4.33. The Labute approximate surface area is 207 Å². The lowest BCUT2D eigenvalue weighted by atomic mass is 10.1. The van der Waals surface area contributed by atoms with Crippen LogP contribution >= 0.6 is 23.2 Å². The maximum Gasteiger partial charge on any atom is 0.227 e. The summed E-state index contributed by atoms with van der Waals surface area (Å²) in [6.07, 6.45) is 0.800. The van der Waals surface area contributed by atoms with Gasteiger partial charge in [-0.25, -0.2) is 0 Å². The van der Waals surface area contributed by atoms with Gasteiger partial charge in [-0.05, 0) is 41.8 Å². The summed E-state index contributed by atoms with van der Waals surface area (Å²) in [5, 5.41) is 24.2. The second-order valence-electron chi connectivity index (χ2n) is 7.98. The van der Waals surface area contributed by atoms with Crippen LogP contribution in [-0.2, 0) is 13.0 Å². The van der Waals surface area contributed by atoms with Crippen molar-refractivity contribution in [1.29, 1.82) is 0 Å². The molecule has 0 fully saturated rings. The van der Waals surface area contributed by atoms with Crippen molar-refractivity contribution in [2.45, 2.75) is 13.0 Å². The molecule has 4 aromatic rings. The molecule has 0 aliphatic rings. The van der Waals surface area contributed by atoms with Crippen LogP contribution < -0.4 is 20.4 Å². The van der Waals surface area contributed by atoms with Gasteiger partial charge in [0.25, 0.3) is 0 Å². The summed E-state index contributed by atoms with van der Waals surface area (Å²) >= 11 is 12.6. The molecule has 0 saturated heterocycles. The highest BCUT2D eigenvalue weighted by Crippen LogP contribution is 2.23. The standard InChI is InChI=1S/C22H26Cl2N10/c1-33(2)21-27-19(29-31-21)25-10-9-14-7-8-15(18(24)11-14)13-34(3)22-28-20(30-32-22)26-17-6-4-5-16(23)12-17/h4-8,11-12H,9-10,13H2,1-3H3,(H2,25,27,29,31)(H2,26,28,30,32). The zero-order valence-corrected chi connectivity index (χ0v) is 20.6. The van der Waals surface area contributed by atoms with Gasteiger partial charge in [0.05, 0.1) is 0 Å². The molecule has 2 heterocycles. The molecule has 0 atom stereocenters. The zero-order valence-electron chi connectivity index (χ0n) is 19.1. The third-order valence-electron chi connectivity index (χ3n) is 5.05. The van der Waals surface area contributed by atoms with Gasteiger partial charge in [-0.1, -0.05) is 41.4 Å². The number of halogens is 2. The zero-order chi connectivity index (χ0) is 24.1. The first-order valence-electron chi connectivity index (χ1n) is 10.6. The molecule has 0 amide bonds. The summed E-state index contributed by atoms with van der Waals surface area (Å²) in [5.74, 6) is 2.50. The number of rotatable bonds is 10. The number of nitrogens with one attached hydrogen (secondary N) is 4. The van der Waals surface area contributed by atoms with Crippen LogP contribution in [0.2, 0.25) is 10.0 Å². The van der Waals surface area contributed by atoms with Crippen molar-refractivity contribution < 1.29 is 0 Å². The summed E-state index contributed by atoms with van der Waals surface area (Å²) in [6, 6.07) is 13.5. The number of aromatic amines is 2. The lowest BCUT2D eigenvalue weighted by molar-refractivity contribution is 0.869. The Morgan fingerprint density at radius 1 is 0.882 bits per heavy atom. The molecule has 4 rings (SSSR count). The van der Waals surface area contributed by atoms with E-state index >= 15 is 0 Å². The average Bonchev–Trinajstić information content (AvgIpc) is 3.46. The smallest absolute Gasteiger partial charge is 0.227 e. The minimum absolute atomic E-state index is 0.530. The van der Waals surface area contributed by atoms with E-state index in [9.17, 15) is 0 Å². The molecule has 10 nitrogen and oxygen atoms in total. The maximum absolute atomic E-state index is 6.57. The molecule has 0 saturated carbocycles. The number of hydrogen-bond acceptors (Lipinski definition) is 8. The first kappa shape index (κ1) is 23.7. The van der Waals surface area contributed by atoms with Gasteiger partial charge in [0, 0.05) is 50.0 Å². The summed E-state index contributed by atoms with van der Waals surface area (Å²) in [7, 11) is 5.74. The molecule has 34 heavy (non-hydrogen) atoms. The molecular weight excluding hydrogens is 475 g/mol. The molecule has 0 bridgehead atoms. The molecule has 0 spiro atoms. The van der Waals surface area contributed by atoms with E-state index in [0.717, 1.165) is 23.2 Å². The topological polar surface area (TPSA) is 114 Å². The van der Waals surface area contributed by atoms with Gasteiger partial charge in [0.2, 0.25) is 23.8 Å². The van der Waals surface area contributed by atoms with E-state index in [0.29, 0.717) is 46.9 Å². The van der Waals surface area contributed by atoms with Gasteiger partial charge in [0.1, 0.15) is 0 Å². The molecule has 178 valence electrons. The highest BCUT2D eigenvalue weighted by atomic mass is 35.5. The third kappa shape index (κ3) is 6.09. The fourth-order valence-electron chi connectivity index (χ4n) is 3.25. The average molecular weight is 501 g/mol. The molecule has 0 aliphatic heterocycles. The Morgan fingerprint density at radius 2 is 1.65 bits per heavy atom. The minimum Gasteiger partial charge on any atom is -0.354 e. The van der Waals surface area contributed by atoms with Crippen molar-refractivity contribution in [2.24, 2.45) is 0 Å². The maximum atomic E-state index is 6.57. The summed E-state index contributed by atoms with van der Waals surface area (Å²) in [6.45, 7) is 1.28. The van der Waals surface area contributed by atoms with Crippen molar-refractivity contribution in [3.05, 3.63) is 63.6 Å². The number of hydrogen-bond donors (Lipinski definition) is 4. The number of H-pyrrole nitrogens is 2. The van der Waals surface area contributed by atoms with E-state index < -0.39 is 0 Å². The Kier molecular flexibility index (Phi) is 7.39. The van der Waals surface area contributed by atoms with E-state index in [1.807, 2.05) is 67.3 Å². The first-order chi connectivity index (χ1) is 16.4. The van der Waals surface area contributed by atoms with Crippen LogP contribution in [0.1, 0.15) is 11.1 Å². The molecule has 0 unspecified atom stereocenters. The highest BCUT2D eigenvalue weighted by Gasteiger charge is 2.11. The molecular formula is C22H26Cl2N10. The van der Waals surface area contributed by atoms with Gasteiger partial charge in [-0.15, -0.1) is 20.4 Å². The molecule has 0 radical (unpaired) electrons. The number of benzene rings is 2. The van der Waals surface area contributed by atoms with Gasteiger partial charge < -0.3 is 20.4 Å². The van der Waals surface area contributed by atoms with Crippen LogP contribution in [0.25, 0.3) is 0 Å². The lowest BCUT2D eigenvalue weighted by Crippen LogP contribution is -2.18. The first-order valence-corrected chi connectivity index (χ1v) is 11.4. The van der Waals surface area contributed by atoms with Crippen LogP contribution in [0.3, 0.4) is 0 Å². The van der Waals surface area contributed by atoms with Crippen LogP contribution in [-0.4, -0.2) is 58.1 Å². The lowest BCUT2D eigenvalue weighted by Gasteiger charge is -2.17. The van der Waals surface area contributed by atoms with Crippen molar-refractivity contribution in [1.82, 2.24) is 30.4 Å². The van der Waals surface area contributed by atoms with E-state index in [4.69, 9.17) is 23.2 Å². The van der Waals surface area contributed by atoms with Crippen molar-refractivity contribution in [3.63, 3.8) is 0 Å². The fraction of sp³-hybridized carbons (Fsp3) is 0.273. The van der Waals surface area contributed by atoms with Crippen molar-refractivity contribution >= 4 is 52.7 Å². The normalized spacial score (nSPS) is 10.9. The third-order valence-corrected chi connectivity index (χ3v) is 5.64. The van der Waals surface area contributed by atoms with E-state index in [-0.39, 0.29) is 0 Å².